The molecule has 8 heteroatoms. The normalized spacial score (nSPS) is 14.1. The zero-order valence-electron chi connectivity index (χ0n) is 10.9. The van der Waals surface area contributed by atoms with E-state index in [4.69, 9.17) is 5.73 Å². The van der Waals surface area contributed by atoms with Crippen LogP contribution in [0.1, 0.15) is 31.4 Å². The molecule has 1 aromatic carbocycles. The van der Waals surface area contributed by atoms with Gasteiger partial charge in [0, 0.05) is 18.2 Å². The minimum atomic E-state index is -4.34. The third kappa shape index (κ3) is 6.25. The van der Waals surface area contributed by atoms with Crippen LogP contribution in [0.25, 0.3) is 0 Å². The summed E-state index contributed by atoms with van der Waals surface area (Å²) < 4.78 is 61.5. The summed E-state index contributed by atoms with van der Waals surface area (Å²) in [6, 6.07) is 6.20. The molecule has 1 unspecified atom stereocenters. The highest BCUT2D eigenvalue weighted by Gasteiger charge is 2.27. The van der Waals surface area contributed by atoms with Crippen molar-refractivity contribution >= 4 is 15.7 Å². The Morgan fingerprint density at radius 1 is 1.35 bits per heavy atom. The van der Waals surface area contributed by atoms with E-state index in [0.29, 0.717) is 5.69 Å². The Labute approximate surface area is 116 Å². The van der Waals surface area contributed by atoms with Gasteiger partial charge in [-0.05, 0) is 31.0 Å². The van der Waals surface area contributed by atoms with E-state index in [2.05, 4.69) is 4.72 Å². The van der Waals surface area contributed by atoms with E-state index < -0.39 is 34.8 Å². The SMILES string of the molecule is CC(N)c1cccc(NS(=O)(=O)CCCC(F)(F)F)c1. The highest BCUT2D eigenvalue weighted by molar-refractivity contribution is 7.92. The number of hydrogen-bond donors (Lipinski definition) is 2. The van der Waals surface area contributed by atoms with E-state index in [1.54, 1.807) is 25.1 Å². The van der Waals surface area contributed by atoms with Crippen LogP contribution in [0.5, 0.6) is 0 Å². The lowest BCUT2D eigenvalue weighted by molar-refractivity contribution is -0.134. The van der Waals surface area contributed by atoms with E-state index in [-0.39, 0.29) is 6.04 Å². The Bertz CT molecular complexity index is 542. The van der Waals surface area contributed by atoms with Gasteiger partial charge in [0.25, 0.3) is 0 Å². The number of nitrogens with one attached hydrogen (secondary N) is 1. The lowest BCUT2D eigenvalue weighted by Crippen LogP contribution is -2.19. The number of halogens is 3. The predicted octanol–water partition coefficient (Wildman–Crippen LogP) is 2.79. The molecule has 4 nitrogen and oxygen atoms in total. The quantitative estimate of drug-likeness (QED) is 0.848. The van der Waals surface area contributed by atoms with Crippen molar-refractivity contribution in [3.05, 3.63) is 29.8 Å². The van der Waals surface area contributed by atoms with Crippen molar-refractivity contribution in [2.45, 2.75) is 32.0 Å². The highest BCUT2D eigenvalue weighted by Crippen LogP contribution is 2.22. The van der Waals surface area contributed by atoms with Crippen molar-refractivity contribution in [2.24, 2.45) is 5.73 Å². The molecule has 0 amide bonds. The summed E-state index contributed by atoms with van der Waals surface area (Å²) in [6.45, 7) is 1.75. The summed E-state index contributed by atoms with van der Waals surface area (Å²) in [5.74, 6) is -0.574. The van der Waals surface area contributed by atoms with Gasteiger partial charge in [0.15, 0.2) is 0 Å². The second-order valence-electron chi connectivity index (χ2n) is 4.55. The van der Waals surface area contributed by atoms with Crippen molar-refractivity contribution < 1.29 is 21.6 Å². The van der Waals surface area contributed by atoms with Crippen LogP contribution in [-0.2, 0) is 10.0 Å². The first-order valence-corrected chi connectivity index (χ1v) is 7.67. The molecule has 1 atom stereocenters. The smallest absolute Gasteiger partial charge is 0.324 e. The number of anilines is 1. The van der Waals surface area contributed by atoms with Gasteiger partial charge in [0.2, 0.25) is 10.0 Å². The minimum Gasteiger partial charge on any atom is -0.324 e. The van der Waals surface area contributed by atoms with Crippen molar-refractivity contribution in [3.8, 4) is 0 Å². The van der Waals surface area contributed by atoms with Crippen LogP contribution in [0.4, 0.5) is 18.9 Å². The molecule has 0 aliphatic rings. The molecule has 0 saturated carbocycles. The van der Waals surface area contributed by atoms with E-state index in [1.807, 2.05) is 0 Å². The molecule has 0 spiro atoms. The molecule has 0 bridgehead atoms. The van der Waals surface area contributed by atoms with Crippen LogP contribution >= 0.6 is 0 Å². The van der Waals surface area contributed by atoms with Crippen LogP contribution in [-0.4, -0.2) is 20.3 Å². The van der Waals surface area contributed by atoms with Gasteiger partial charge in [0.05, 0.1) is 5.75 Å². The summed E-state index contributed by atoms with van der Waals surface area (Å²) in [6.07, 6.45) is -5.93. The fourth-order valence-electron chi connectivity index (χ4n) is 1.58. The van der Waals surface area contributed by atoms with Crippen molar-refractivity contribution in [2.75, 3.05) is 10.5 Å². The molecule has 1 aromatic rings. The molecule has 0 fully saturated rings. The zero-order chi connectivity index (χ0) is 15.4. The molecule has 0 heterocycles. The molecule has 1 rings (SSSR count). The first-order valence-electron chi connectivity index (χ1n) is 6.02. The summed E-state index contributed by atoms with van der Waals surface area (Å²) in [7, 11) is -3.79. The average molecular weight is 310 g/mol. The van der Waals surface area contributed by atoms with Gasteiger partial charge in [-0.3, -0.25) is 4.72 Å². The van der Waals surface area contributed by atoms with E-state index in [9.17, 15) is 21.6 Å². The summed E-state index contributed by atoms with van der Waals surface area (Å²) in [5, 5.41) is 0. The molecular formula is C12H17F3N2O2S. The van der Waals surface area contributed by atoms with E-state index >= 15 is 0 Å². The third-order valence-corrected chi connectivity index (χ3v) is 3.93. The van der Waals surface area contributed by atoms with Crippen LogP contribution in [0.2, 0.25) is 0 Å². The largest absolute Gasteiger partial charge is 0.389 e. The van der Waals surface area contributed by atoms with Crippen LogP contribution in [0.3, 0.4) is 0 Å². The summed E-state index contributed by atoms with van der Waals surface area (Å²) in [5.41, 5.74) is 6.71. The fraction of sp³-hybridized carbons (Fsp3) is 0.500. The number of alkyl halides is 3. The Hall–Kier alpha value is -1.28. The molecule has 0 aliphatic carbocycles. The molecule has 0 radical (unpaired) electrons. The molecule has 0 aliphatic heterocycles. The van der Waals surface area contributed by atoms with Gasteiger partial charge in [-0.2, -0.15) is 13.2 Å². The average Bonchev–Trinajstić information content (AvgIpc) is 2.26. The first kappa shape index (κ1) is 16.8. The second-order valence-corrected chi connectivity index (χ2v) is 6.40. The predicted molar refractivity (Wildman–Crippen MR) is 71.7 cm³/mol. The fourth-order valence-corrected chi connectivity index (χ4v) is 2.69. The molecule has 3 N–H and O–H groups in total. The van der Waals surface area contributed by atoms with Gasteiger partial charge in [-0.1, -0.05) is 12.1 Å². The molecular weight excluding hydrogens is 293 g/mol. The molecule has 20 heavy (non-hydrogen) atoms. The summed E-state index contributed by atoms with van der Waals surface area (Å²) in [4.78, 5) is 0. The van der Waals surface area contributed by atoms with E-state index in [0.717, 1.165) is 5.56 Å². The summed E-state index contributed by atoms with van der Waals surface area (Å²) >= 11 is 0. The van der Waals surface area contributed by atoms with Gasteiger partial charge in [-0.15, -0.1) is 0 Å². The lowest BCUT2D eigenvalue weighted by Gasteiger charge is -2.11. The van der Waals surface area contributed by atoms with Crippen LogP contribution < -0.4 is 10.5 Å². The third-order valence-electron chi connectivity index (χ3n) is 2.56. The first-order chi connectivity index (χ1) is 9.09. The minimum absolute atomic E-state index is 0.260. The van der Waals surface area contributed by atoms with Crippen LogP contribution in [0, 0.1) is 0 Å². The Kier molecular flexibility index (Phi) is 5.41. The Morgan fingerprint density at radius 2 is 2.00 bits per heavy atom. The number of hydrogen-bond acceptors (Lipinski definition) is 3. The number of nitrogens with two attached hydrogens (primary N) is 1. The van der Waals surface area contributed by atoms with E-state index in [1.165, 1.54) is 6.07 Å². The Balaban J connectivity index is 2.64. The maximum absolute atomic E-state index is 12.0. The number of rotatable bonds is 6. The Morgan fingerprint density at radius 3 is 2.55 bits per heavy atom. The van der Waals surface area contributed by atoms with Crippen molar-refractivity contribution in [1.29, 1.82) is 0 Å². The van der Waals surface area contributed by atoms with Gasteiger partial charge in [-0.25, -0.2) is 8.42 Å². The zero-order valence-corrected chi connectivity index (χ0v) is 11.8. The number of benzene rings is 1. The lowest BCUT2D eigenvalue weighted by atomic mass is 10.1. The highest BCUT2D eigenvalue weighted by atomic mass is 32.2. The van der Waals surface area contributed by atoms with Crippen LogP contribution in [0.15, 0.2) is 24.3 Å². The van der Waals surface area contributed by atoms with Gasteiger partial charge in [0.1, 0.15) is 0 Å². The molecule has 114 valence electrons. The molecule has 0 aromatic heterocycles. The maximum atomic E-state index is 12.0. The second kappa shape index (κ2) is 6.45. The topological polar surface area (TPSA) is 72.2 Å². The van der Waals surface area contributed by atoms with Crippen molar-refractivity contribution in [1.82, 2.24) is 0 Å². The monoisotopic (exact) mass is 310 g/mol. The van der Waals surface area contributed by atoms with Gasteiger partial charge >= 0.3 is 6.18 Å². The molecule has 0 saturated heterocycles. The number of sulfonamides is 1. The maximum Gasteiger partial charge on any atom is 0.389 e. The standard InChI is InChI=1S/C12H17F3N2O2S/c1-9(16)10-4-2-5-11(8-10)17-20(18,19)7-3-6-12(13,14)15/h2,4-5,8-9,17H,3,6-7,16H2,1H3. The van der Waals surface area contributed by atoms with Crippen molar-refractivity contribution in [3.63, 3.8) is 0 Å². The van der Waals surface area contributed by atoms with Gasteiger partial charge < -0.3 is 5.73 Å².